The van der Waals surface area contributed by atoms with Crippen LogP contribution in [0.15, 0.2) is 54.6 Å². The maximum absolute atomic E-state index is 2.42. The van der Waals surface area contributed by atoms with Crippen molar-refractivity contribution in [3.8, 4) is 0 Å². The molecule has 0 N–H and O–H groups in total. The van der Waals surface area contributed by atoms with Crippen LogP contribution in [0, 0.1) is 0 Å². The average molecular weight is 234 g/mol. The fourth-order valence-corrected chi connectivity index (χ4v) is 3.96. The number of hydrogen-bond acceptors (Lipinski definition) is 0. The van der Waals surface area contributed by atoms with Gasteiger partial charge in [0, 0.05) is 21.7 Å². The van der Waals surface area contributed by atoms with Crippen LogP contribution in [0.3, 0.4) is 0 Å². The monoisotopic (exact) mass is 234 g/mol. The Morgan fingerprint density at radius 3 is 2.14 bits per heavy atom. The second-order valence-electron chi connectivity index (χ2n) is 3.55. The van der Waals surface area contributed by atoms with Gasteiger partial charge >= 0.3 is 0 Å². The summed E-state index contributed by atoms with van der Waals surface area (Å²) in [5.74, 6) is 0. The van der Waals surface area contributed by atoms with Crippen molar-refractivity contribution in [2.75, 3.05) is 0 Å². The zero-order chi connectivity index (χ0) is 9.10. The molecule has 1 atom stereocenters. The molecule has 0 aromatic heterocycles. The summed E-state index contributed by atoms with van der Waals surface area (Å²) < 4.78 is 0. The van der Waals surface area contributed by atoms with Crippen molar-refractivity contribution in [2.45, 2.75) is 12.1 Å². The van der Waals surface area contributed by atoms with Gasteiger partial charge in [-0.05, 0) is 5.54 Å². The van der Waals surface area contributed by atoms with E-state index in [2.05, 4.69) is 61.2 Å². The molecular weight excluding hydrogens is 220 g/mol. The summed E-state index contributed by atoms with van der Waals surface area (Å²) in [6, 6.07) is 10.9. The Labute approximate surface area is 102 Å². The van der Waals surface area contributed by atoms with Crippen molar-refractivity contribution < 1.29 is 21.7 Å². The van der Waals surface area contributed by atoms with Gasteiger partial charge < -0.3 is 0 Å². The molecule has 0 spiro atoms. The summed E-state index contributed by atoms with van der Waals surface area (Å²) in [6.45, 7) is 2.42. The van der Waals surface area contributed by atoms with Crippen molar-refractivity contribution in [1.29, 1.82) is 0 Å². The maximum atomic E-state index is 2.42. The smallest absolute Gasteiger partial charge is 0.0786 e. The third-order valence-corrected chi connectivity index (χ3v) is 5.72. The normalized spacial score (nSPS) is 16.6. The molecule has 0 fully saturated rings. The van der Waals surface area contributed by atoms with Crippen molar-refractivity contribution in [1.82, 2.24) is 0 Å². The van der Waals surface area contributed by atoms with Crippen LogP contribution in [0.25, 0.3) is 0 Å². The SMILES string of the molecule is C[SiH](c1ccccc1)C1C=CC=C1.[Ti]. The van der Waals surface area contributed by atoms with Crippen LogP contribution >= 0.6 is 0 Å². The minimum Gasteiger partial charge on any atom is -0.0803 e. The third kappa shape index (κ3) is 2.57. The van der Waals surface area contributed by atoms with Gasteiger partial charge in [0.15, 0.2) is 0 Å². The molecule has 1 aromatic rings. The number of allylic oxidation sites excluding steroid dienone is 4. The van der Waals surface area contributed by atoms with Crippen molar-refractivity contribution in [3.05, 3.63) is 54.6 Å². The van der Waals surface area contributed by atoms with E-state index in [0.717, 1.165) is 5.54 Å². The van der Waals surface area contributed by atoms with E-state index in [1.54, 1.807) is 5.19 Å². The van der Waals surface area contributed by atoms with E-state index in [4.69, 9.17) is 0 Å². The van der Waals surface area contributed by atoms with E-state index >= 15 is 0 Å². The van der Waals surface area contributed by atoms with E-state index in [1.165, 1.54) is 0 Å². The van der Waals surface area contributed by atoms with E-state index in [1.807, 2.05) is 0 Å². The number of hydrogen-bond donors (Lipinski definition) is 0. The molecule has 2 heteroatoms. The van der Waals surface area contributed by atoms with Crippen LogP contribution in [-0.2, 0) is 21.7 Å². The quantitative estimate of drug-likeness (QED) is 0.688. The van der Waals surface area contributed by atoms with Gasteiger partial charge in [0.25, 0.3) is 0 Å². The molecule has 0 aliphatic heterocycles. The first kappa shape index (κ1) is 11.7. The zero-order valence-electron chi connectivity index (χ0n) is 8.35. The van der Waals surface area contributed by atoms with Crippen LogP contribution in [0.1, 0.15) is 0 Å². The average Bonchev–Trinajstić information content (AvgIpc) is 2.71. The minimum atomic E-state index is -0.787. The molecule has 0 bridgehead atoms. The van der Waals surface area contributed by atoms with E-state index < -0.39 is 8.80 Å². The first-order chi connectivity index (χ1) is 6.38. The molecule has 70 valence electrons. The molecule has 0 amide bonds. The third-order valence-electron chi connectivity index (χ3n) is 2.68. The Balaban J connectivity index is 0.000000980. The van der Waals surface area contributed by atoms with E-state index in [-0.39, 0.29) is 21.7 Å². The predicted molar refractivity (Wildman–Crippen MR) is 61.1 cm³/mol. The van der Waals surface area contributed by atoms with E-state index in [0.29, 0.717) is 0 Å². The van der Waals surface area contributed by atoms with Crippen LogP contribution in [0.4, 0.5) is 0 Å². The molecule has 0 radical (unpaired) electrons. The van der Waals surface area contributed by atoms with Gasteiger partial charge in [-0.15, -0.1) is 0 Å². The molecular formula is C12H14SiTi. The maximum Gasteiger partial charge on any atom is 0.0786 e. The van der Waals surface area contributed by atoms with Gasteiger partial charge in [-0.3, -0.25) is 0 Å². The Bertz CT molecular complexity index is 317. The molecule has 1 aromatic carbocycles. The fourth-order valence-electron chi connectivity index (χ4n) is 1.76. The summed E-state index contributed by atoms with van der Waals surface area (Å²) in [6.07, 6.45) is 8.97. The molecule has 2 rings (SSSR count). The number of rotatable bonds is 2. The molecule has 0 saturated carbocycles. The molecule has 14 heavy (non-hydrogen) atoms. The summed E-state index contributed by atoms with van der Waals surface area (Å²) in [4.78, 5) is 0. The first-order valence-electron chi connectivity index (χ1n) is 4.78. The van der Waals surface area contributed by atoms with Gasteiger partial charge in [0.05, 0.1) is 8.80 Å². The number of benzene rings is 1. The van der Waals surface area contributed by atoms with Gasteiger partial charge in [0.2, 0.25) is 0 Å². The topological polar surface area (TPSA) is 0 Å². The van der Waals surface area contributed by atoms with Gasteiger partial charge in [-0.2, -0.15) is 0 Å². The molecule has 0 heterocycles. The van der Waals surface area contributed by atoms with Crippen LogP contribution in [-0.4, -0.2) is 8.80 Å². The molecule has 1 unspecified atom stereocenters. The van der Waals surface area contributed by atoms with E-state index in [9.17, 15) is 0 Å². The molecule has 1 aliphatic rings. The second-order valence-corrected chi connectivity index (χ2v) is 6.56. The first-order valence-corrected chi connectivity index (χ1v) is 7.18. The van der Waals surface area contributed by atoms with Crippen LogP contribution < -0.4 is 5.19 Å². The Kier molecular flexibility index (Phi) is 4.60. The standard InChI is InChI=1S/C12H14Si.Ti/c1-13(12-9-5-6-10-12)11-7-3-2-4-8-11;/h2-10,12-13H,1H3;. The molecule has 1 aliphatic carbocycles. The van der Waals surface area contributed by atoms with Crippen molar-refractivity contribution in [3.63, 3.8) is 0 Å². The van der Waals surface area contributed by atoms with Crippen LogP contribution in [0.5, 0.6) is 0 Å². The van der Waals surface area contributed by atoms with Crippen LogP contribution in [0.2, 0.25) is 12.1 Å². The Morgan fingerprint density at radius 1 is 1.00 bits per heavy atom. The van der Waals surface area contributed by atoms with Gasteiger partial charge in [0.1, 0.15) is 0 Å². The summed E-state index contributed by atoms with van der Waals surface area (Å²) in [5.41, 5.74) is 0.724. The molecule has 0 saturated heterocycles. The van der Waals surface area contributed by atoms with Crippen molar-refractivity contribution in [2.24, 2.45) is 0 Å². The largest absolute Gasteiger partial charge is 0.0803 e. The van der Waals surface area contributed by atoms with Gasteiger partial charge in [-0.25, -0.2) is 0 Å². The summed E-state index contributed by atoms with van der Waals surface area (Å²) in [7, 11) is -0.787. The summed E-state index contributed by atoms with van der Waals surface area (Å²) >= 11 is 0. The zero-order valence-corrected chi connectivity index (χ0v) is 11.1. The summed E-state index contributed by atoms with van der Waals surface area (Å²) in [5, 5.41) is 1.56. The predicted octanol–water partition coefficient (Wildman–Crippen LogP) is 2.24. The Morgan fingerprint density at radius 2 is 1.57 bits per heavy atom. The minimum absolute atomic E-state index is 0. The fraction of sp³-hybridized carbons (Fsp3) is 0.167. The second kappa shape index (κ2) is 5.50. The van der Waals surface area contributed by atoms with Gasteiger partial charge in [-0.1, -0.05) is 66.4 Å². The van der Waals surface area contributed by atoms with Crippen molar-refractivity contribution >= 4 is 14.0 Å². The molecule has 0 nitrogen and oxygen atoms in total. The Hall–Kier alpha value is -0.369.